The summed E-state index contributed by atoms with van der Waals surface area (Å²) in [5, 5.41) is 0.0219. The molecule has 2 aromatic rings. The molecule has 13 heteroatoms. The van der Waals surface area contributed by atoms with Crippen molar-refractivity contribution in [3.8, 4) is 0 Å². The van der Waals surface area contributed by atoms with Gasteiger partial charge in [0.15, 0.2) is 0 Å². The number of urea groups is 1. The van der Waals surface area contributed by atoms with Gasteiger partial charge in [0.25, 0.3) is 0 Å². The van der Waals surface area contributed by atoms with Crippen molar-refractivity contribution in [2.45, 2.75) is 18.8 Å². The van der Waals surface area contributed by atoms with E-state index in [1.165, 1.54) is 0 Å². The van der Waals surface area contributed by atoms with Crippen molar-refractivity contribution in [2.75, 3.05) is 4.90 Å². The van der Waals surface area contributed by atoms with Crippen LogP contribution >= 0.6 is 11.6 Å². The van der Waals surface area contributed by atoms with Gasteiger partial charge in [0.2, 0.25) is 0 Å². The predicted molar refractivity (Wildman–Crippen MR) is 84.4 cm³/mol. The van der Waals surface area contributed by atoms with Crippen molar-refractivity contribution in [2.24, 2.45) is 0 Å². The lowest BCUT2D eigenvalue weighted by atomic mass is 10.1. The minimum atomic E-state index is -6.19. The first kappa shape index (κ1) is 22.7. The van der Waals surface area contributed by atoms with Crippen LogP contribution in [0.4, 0.5) is 55.7 Å². The zero-order chi connectivity index (χ0) is 22.2. The lowest BCUT2D eigenvalue weighted by Gasteiger charge is -2.32. The van der Waals surface area contributed by atoms with E-state index in [9.17, 15) is 44.3 Å². The van der Waals surface area contributed by atoms with Gasteiger partial charge in [0.1, 0.15) is 0 Å². The van der Waals surface area contributed by atoms with Crippen LogP contribution in [0.25, 0.3) is 0 Å². The Morgan fingerprint density at radius 3 is 1.72 bits per heavy atom. The fourth-order valence-corrected chi connectivity index (χ4v) is 2.37. The second kappa shape index (κ2) is 7.65. The molecule has 0 heterocycles. The molecule has 2 amide bonds. The van der Waals surface area contributed by atoms with E-state index in [0.29, 0.717) is 6.07 Å². The fourth-order valence-electron chi connectivity index (χ4n) is 2.24. The highest BCUT2D eigenvalue weighted by molar-refractivity contribution is 6.30. The third-order valence-corrected chi connectivity index (χ3v) is 3.66. The van der Waals surface area contributed by atoms with Crippen molar-refractivity contribution in [3.05, 3.63) is 59.1 Å². The van der Waals surface area contributed by atoms with Gasteiger partial charge in [-0.2, -0.15) is 13.2 Å². The Balaban J connectivity index is 2.69. The molecule has 0 radical (unpaired) electrons. The Bertz CT molecular complexity index is 862. The Hall–Kier alpha value is -2.63. The second-order valence-corrected chi connectivity index (χ2v) is 5.85. The summed E-state index contributed by atoms with van der Waals surface area (Å²) in [5.41, 5.74) is -2.82. The Labute approximate surface area is 161 Å². The molecule has 0 unspecified atom stereocenters. The lowest BCUT2D eigenvalue weighted by Crippen LogP contribution is -2.55. The van der Waals surface area contributed by atoms with Crippen LogP contribution in [-0.4, -0.2) is 23.5 Å². The monoisotopic (exact) mass is 450 g/mol. The normalized spacial score (nSPS) is 12.6. The number of anilines is 2. The molecular weight excluding hydrogens is 443 g/mol. The van der Waals surface area contributed by atoms with E-state index in [2.05, 4.69) is 0 Å². The maximum absolute atomic E-state index is 12.9. The number of nitrogens with zero attached hydrogens (tertiary/aromatic N) is 2. The van der Waals surface area contributed by atoms with Crippen molar-refractivity contribution < 1.29 is 44.3 Å². The molecule has 2 aromatic carbocycles. The average Bonchev–Trinajstić information content (AvgIpc) is 2.53. The van der Waals surface area contributed by atoms with E-state index in [1.807, 2.05) is 0 Å². The Morgan fingerprint density at radius 1 is 0.759 bits per heavy atom. The maximum Gasteiger partial charge on any atom is 0.495 e. The third kappa shape index (κ3) is 5.25. The van der Waals surface area contributed by atoms with Gasteiger partial charge in [0, 0.05) is 5.02 Å². The van der Waals surface area contributed by atoms with Gasteiger partial charge in [0.05, 0.1) is 16.9 Å². The van der Waals surface area contributed by atoms with E-state index >= 15 is 0 Å². The largest absolute Gasteiger partial charge is 0.495 e. The molecule has 0 atom stereocenters. The van der Waals surface area contributed by atoms with Crippen LogP contribution < -0.4 is 4.90 Å². The SMILES string of the molecule is O=C(N(c1ccc(Cl)cc1)c1cccc(C(F)(F)F)c1)N(C(F)(F)F)C(F)(F)F. The summed E-state index contributed by atoms with van der Waals surface area (Å²) in [6.45, 7) is 0. The van der Waals surface area contributed by atoms with Crippen LogP contribution in [0.1, 0.15) is 5.56 Å². The average molecular weight is 451 g/mol. The highest BCUT2D eigenvalue weighted by Crippen LogP contribution is 2.39. The van der Waals surface area contributed by atoms with Crippen molar-refractivity contribution in [1.82, 2.24) is 4.90 Å². The predicted octanol–water partition coefficient (Wildman–Crippen LogP) is 6.96. The number of carbonyl (C=O) groups excluding carboxylic acids is 1. The van der Waals surface area contributed by atoms with E-state index in [1.54, 1.807) is 0 Å². The zero-order valence-corrected chi connectivity index (χ0v) is 14.5. The number of hydrogen-bond donors (Lipinski definition) is 0. The topological polar surface area (TPSA) is 23.6 Å². The first-order valence-corrected chi connectivity index (χ1v) is 7.71. The van der Waals surface area contributed by atoms with E-state index in [-0.39, 0.29) is 16.0 Å². The summed E-state index contributed by atoms with van der Waals surface area (Å²) in [4.78, 5) is 9.80. The quantitative estimate of drug-likeness (QED) is 0.358. The summed E-state index contributed by atoms with van der Waals surface area (Å²) in [5.74, 6) is 0. The third-order valence-electron chi connectivity index (χ3n) is 3.41. The molecule has 3 nitrogen and oxygen atoms in total. The number of carbonyl (C=O) groups is 1. The highest BCUT2D eigenvalue weighted by Gasteiger charge is 2.58. The number of alkyl halides is 9. The minimum absolute atomic E-state index is 0.0219. The minimum Gasteiger partial charge on any atom is -0.262 e. The van der Waals surface area contributed by atoms with Crippen LogP contribution in [-0.2, 0) is 6.18 Å². The molecule has 0 fully saturated rings. The Kier molecular flexibility index (Phi) is 5.98. The van der Waals surface area contributed by atoms with Gasteiger partial charge in [-0.05, 0) is 42.5 Å². The zero-order valence-electron chi connectivity index (χ0n) is 13.7. The molecule has 0 spiro atoms. The molecule has 158 valence electrons. The Morgan fingerprint density at radius 2 is 1.28 bits per heavy atom. The van der Waals surface area contributed by atoms with Crippen molar-refractivity contribution >= 4 is 29.0 Å². The summed E-state index contributed by atoms with van der Waals surface area (Å²) in [7, 11) is 0. The molecule has 0 N–H and O–H groups in total. The molecule has 0 aliphatic heterocycles. The van der Waals surface area contributed by atoms with Gasteiger partial charge in [-0.15, -0.1) is 31.2 Å². The standard InChI is InChI=1S/C16H8ClF9N2O/c17-10-4-6-11(7-5-10)27(12-3-1-2-9(8-12)14(18,19)20)13(29)28(15(21,22)23)16(24,25)26/h1-8H. The molecule has 0 saturated carbocycles. The number of amides is 2. The first-order valence-electron chi connectivity index (χ1n) is 7.33. The molecule has 0 aliphatic rings. The van der Waals surface area contributed by atoms with Crippen molar-refractivity contribution in [3.63, 3.8) is 0 Å². The van der Waals surface area contributed by atoms with Gasteiger partial charge >= 0.3 is 24.8 Å². The molecule has 0 aliphatic carbocycles. The number of rotatable bonds is 2. The molecule has 0 bridgehead atoms. The fraction of sp³-hybridized carbons (Fsp3) is 0.188. The summed E-state index contributed by atoms with van der Waals surface area (Å²) in [6.07, 6.45) is -17.3. The van der Waals surface area contributed by atoms with Crippen LogP contribution in [0.2, 0.25) is 5.02 Å². The van der Waals surface area contributed by atoms with Crippen LogP contribution in [0.3, 0.4) is 0 Å². The first-order chi connectivity index (χ1) is 13.1. The molecular formula is C16H8ClF9N2O. The van der Waals surface area contributed by atoms with Crippen LogP contribution in [0, 0.1) is 0 Å². The van der Waals surface area contributed by atoms with Gasteiger partial charge in [-0.1, -0.05) is 17.7 Å². The lowest BCUT2D eigenvalue weighted by molar-refractivity contribution is -0.347. The van der Waals surface area contributed by atoms with Gasteiger partial charge in [-0.3, -0.25) is 4.90 Å². The molecule has 0 aromatic heterocycles. The molecule has 29 heavy (non-hydrogen) atoms. The number of benzene rings is 2. The van der Waals surface area contributed by atoms with Gasteiger partial charge < -0.3 is 0 Å². The highest BCUT2D eigenvalue weighted by atomic mass is 35.5. The van der Waals surface area contributed by atoms with E-state index < -0.39 is 46.6 Å². The van der Waals surface area contributed by atoms with E-state index in [4.69, 9.17) is 11.6 Å². The second-order valence-electron chi connectivity index (χ2n) is 5.41. The number of hydrogen-bond acceptors (Lipinski definition) is 1. The van der Waals surface area contributed by atoms with Crippen LogP contribution in [0.15, 0.2) is 48.5 Å². The molecule has 2 rings (SSSR count). The van der Waals surface area contributed by atoms with E-state index in [0.717, 1.165) is 36.4 Å². The smallest absolute Gasteiger partial charge is 0.262 e. The summed E-state index contributed by atoms with van der Waals surface area (Å²) < 4.78 is 116. The summed E-state index contributed by atoms with van der Waals surface area (Å²) >= 11 is 5.61. The maximum atomic E-state index is 12.9. The summed E-state index contributed by atoms with van der Waals surface area (Å²) in [6, 6.07) is 3.44. The van der Waals surface area contributed by atoms with Crippen molar-refractivity contribution in [1.29, 1.82) is 0 Å². The molecule has 0 saturated heterocycles. The van der Waals surface area contributed by atoms with Gasteiger partial charge in [-0.25, -0.2) is 4.79 Å². The number of halogens is 10. The van der Waals surface area contributed by atoms with Crippen LogP contribution in [0.5, 0.6) is 0 Å².